The van der Waals surface area contributed by atoms with Gasteiger partial charge in [-0.25, -0.2) is 0 Å². The minimum Gasteiger partial charge on any atom is -0.504 e. The SMILES string of the molecule is CCOC1=CC2=Cc3c(cc(OC)c(O)c3O)NC2C=C1. The highest BCUT2D eigenvalue weighted by Crippen LogP contribution is 2.46. The maximum absolute atomic E-state index is 10.1. The van der Waals surface area contributed by atoms with E-state index in [2.05, 4.69) is 5.32 Å². The predicted octanol–water partition coefficient (Wildman–Crippen LogP) is 2.77. The molecule has 1 unspecified atom stereocenters. The van der Waals surface area contributed by atoms with Crippen LogP contribution in [0.15, 0.2) is 35.6 Å². The van der Waals surface area contributed by atoms with Crippen molar-refractivity contribution < 1.29 is 19.7 Å². The highest BCUT2D eigenvalue weighted by molar-refractivity contribution is 5.84. The lowest BCUT2D eigenvalue weighted by Crippen LogP contribution is -2.24. The van der Waals surface area contributed by atoms with E-state index in [4.69, 9.17) is 9.47 Å². The summed E-state index contributed by atoms with van der Waals surface area (Å²) in [5, 5.41) is 23.3. The number of allylic oxidation sites excluding steroid dienone is 1. The number of benzene rings is 1. The van der Waals surface area contributed by atoms with Crippen molar-refractivity contribution in [1.29, 1.82) is 0 Å². The molecule has 0 fully saturated rings. The number of phenols is 2. The van der Waals surface area contributed by atoms with Crippen molar-refractivity contribution in [3.8, 4) is 17.2 Å². The van der Waals surface area contributed by atoms with Crippen LogP contribution >= 0.6 is 0 Å². The topological polar surface area (TPSA) is 71.0 Å². The van der Waals surface area contributed by atoms with Gasteiger partial charge in [0.25, 0.3) is 0 Å². The Morgan fingerprint density at radius 3 is 2.76 bits per heavy atom. The highest BCUT2D eigenvalue weighted by atomic mass is 16.5. The van der Waals surface area contributed by atoms with Crippen molar-refractivity contribution in [3.63, 3.8) is 0 Å². The number of rotatable bonds is 3. The molecule has 5 heteroatoms. The summed E-state index contributed by atoms with van der Waals surface area (Å²) >= 11 is 0. The minimum absolute atomic E-state index is 0.00959. The van der Waals surface area contributed by atoms with Crippen molar-refractivity contribution in [2.75, 3.05) is 19.0 Å². The minimum atomic E-state index is -0.256. The lowest BCUT2D eigenvalue weighted by molar-refractivity contribution is 0.241. The molecule has 21 heavy (non-hydrogen) atoms. The second kappa shape index (κ2) is 5.09. The number of phenolic OH excluding ortho intramolecular Hbond substituents is 2. The van der Waals surface area contributed by atoms with Crippen LogP contribution in [0.1, 0.15) is 12.5 Å². The van der Waals surface area contributed by atoms with E-state index in [-0.39, 0.29) is 23.3 Å². The Kier molecular flexibility index (Phi) is 3.25. The molecule has 0 radical (unpaired) electrons. The molecule has 1 heterocycles. The molecule has 0 spiro atoms. The molecule has 1 aromatic rings. The van der Waals surface area contributed by atoms with Crippen LogP contribution in [0.25, 0.3) is 6.08 Å². The largest absolute Gasteiger partial charge is 0.504 e. The average molecular weight is 287 g/mol. The van der Waals surface area contributed by atoms with Crippen molar-refractivity contribution in [1.82, 2.24) is 0 Å². The lowest BCUT2D eigenvalue weighted by atomic mass is 9.93. The van der Waals surface area contributed by atoms with Crippen LogP contribution in [0.2, 0.25) is 0 Å². The van der Waals surface area contributed by atoms with E-state index in [9.17, 15) is 10.2 Å². The number of nitrogens with one attached hydrogen (secondary N) is 1. The Balaban J connectivity index is 2.07. The first-order valence-electron chi connectivity index (χ1n) is 6.77. The number of hydrogen-bond donors (Lipinski definition) is 3. The molecule has 3 rings (SSSR count). The fraction of sp³-hybridized carbons (Fsp3) is 0.250. The van der Waals surface area contributed by atoms with E-state index in [1.807, 2.05) is 31.2 Å². The van der Waals surface area contributed by atoms with Gasteiger partial charge < -0.3 is 25.0 Å². The maximum atomic E-state index is 10.1. The van der Waals surface area contributed by atoms with E-state index in [1.54, 1.807) is 6.07 Å². The van der Waals surface area contributed by atoms with Gasteiger partial charge in [0.05, 0.1) is 19.8 Å². The van der Waals surface area contributed by atoms with E-state index in [0.717, 1.165) is 11.3 Å². The third kappa shape index (κ3) is 2.20. The molecular formula is C16H17NO4. The van der Waals surface area contributed by atoms with E-state index < -0.39 is 0 Å². The molecule has 110 valence electrons. The zero-order valence-electron chi connectivity index (χ0n) is 11.9. The van der Waals surface area contributed by atoms with Crippen LogP contribution in [0.3, 0.4) is 0 Å². The third-order valence-corrected chi connectivity index (χ3v) is 3.55. The summed E-state index contributed by atoms with van der Waals surface area (Å²) in [6.45, 7) is 2.53. The molecule has 5 nitrogen and oxygen atoms in total. The fourth-order valence-electron chi connectivity index (χ4n) is 2.53. The summed E-state index contributed by atoms with van der Waals surface area (Å²) in [6.07, 6.45) is 7.68. The van der Waals surface area contributed by atoms with Crippen LogP contribution in [0.5, 0.6) is 17.2 Å². The summed E-state index contributed by atoms with van der Waals surface area (Å²) in [6, 6.07) is 1.68. The molecule has 1 aliphatic carbocycles. The Morgan fingerprint density at radius 2 is 2.05 bits per heavy atom. The average Bonchev–Trinajstić information content (AvgIpc) is 2.50. The van der Waals surface area contributed by atoms with Crippen LogP contribution in [-0.4, -0.2) is 30.0 Å². The first kappa shape index (κ1) is 13.4. The Bertz CT molecular complexity index is 673. The van der Waals surface area contributed by atoms with Gasteiger partial charge in [-0.15, -0.1) is 0 Å². The molecule has 0 saturated carbocycles. The quantitative estimate of drug-likeness (QED) is 0.589. The van der Waals surface area contributed by atoms with Gasteiger partial charge in [-0.05, 0) is 30.7 Å². The second-order valence-electron chi connectivity index (χ2n) is 4.84. The van der Waals surface area contributed by atoms with Crippen molar-refractivity contribution >= 4 is 11.8 Å². The first-order chi connectivity index (χ1) is 10.1. The van der Waals surface area contributed by atoms with Gasteiger partial charge >= 0.3 is 0 Å². The van der Waals surface area contributed by atoms with E-state index in [1.165, 1.54) is 7.11 Å². The third-order valence-electron chi connectivity index (χ3n) is 3.55. The molecule has 0 bridgehead atoms. The van der Waals surface area contributed by atoms with Crippen LogP contribution in [0.4, 0.5) is 5.69 Å². The summed E-state index contributed by atoms with van der Waals surface area (Å²) in [5.41, 5.74) is 2.23. The number of fused-ring (bicyclic) bond motifs is 2. The van der Waals surface area contributed by atoms with Crippen molar-refractivity contribution in [2.45, 2.75) is 13.0 Å². The Morgan fingerprint density at radius 1 is 1.24 bits per heavy atom. The summed E-state index contributed by atoms with van der Waals surface area (Å²) in [4.78, 5) is 0. The fourth-order valence-corrected chi connectivity index (χ4v) is 2.53. The zero-order valence-corrected chi connectivity index (χ0v) is 11.9. The summed E-state index contributed by atoms with van der Waals surface area (Å²) in [7, 11) is 1.45. The monoisotopic (exact) mass is 287 g/mol. The van der Waals surface area contributed by atoms with Crippen LogP contribution in [0, 0.1) is 0 Å². The van der Waals surface area contributed by atoms with Gasteiger partial charge in [-0.2, -0.15) is 0 Å². The Labute approximate surface area is 122 Å². The molecule has 0 saturated heterocycles. The van der Waals surface area contributed by atoms with E-state index >= 15 is 0 Å². The van der Waals surface area contributed by atoms with Crippen molar-refractivity contribution in [3.05, 3.63) is 41.2 Å². The normalized spacial score (nSPS) is 18.9. The first-order valence-corrected chi connectivity index (χ1v) is 6.77. The number of methoxy groups -OCH3 is 1. The smallest absolute Gasteiger partial charge is 0.201 e. The lowest BCUT2D eigenvalue weighted by Gasteiger charge is -2.28. The van der Waals surface area contributed by atoms with Gasteiger partial charge in [-0.3, -0.25) is 0 Å². The number of aromatic hydroxyl groups is 2. The van der Waals surface area contributed by atoms with Gasteiger partial charge in [0.15, 0.2) is 11.5 Å². The number of hydrogen-bond acceptors (Lipinski definition) is 5. The second-order valence-corrected chi connectivity index (χ2v) is 4.84. The van der Waals surface area contributed by atoms with Crippen molar-refractivity contribution in [2.24, 2.45) is 0 Å². The standard InChI is InChI=1S/C16H17NO4/c1-3-21-10-4-5-12-9(6-10)7-11-13(17-12)8-14(20-2)16(19)15(11)18/h4-8,12,17-19H,3H2,1-2H3. The van der Waals surface area contributed by atoms with Gasteiger partial charge in [0.1, 0.15) is 5.76 Å². The molecular weight excluding hydrogens is 270 g/mol. The zero-order chi connectivity index (χ0) is 15.0. The molecule has 0 aromatic heterocycles. The number of anilines is 1. The maximum Gasteiger partial charge on any atom is 0.201 e. The molecule has 1 atom stereocenters. The highest BCUT2D eigenvalue weighted by Gasteiger charge is 2.25. The van der Waals surface area contributed by atoms with Crippen LogP contribution < -0.4 is 10.1 Å². The predicted molar refractivity (Wildman–Crippen MR) is 80.6 cm³/mol. The molecule has 0 amide bonds. The molecule has 2 aliphatic rings. The number of ether oxygens (including phenoxy) is 2. The molecule has 1 aromatic carbocycles. The summed E-state index contributed by atoms with van der Waals surface area (Å²) < 4.78 is 10.5. The van der Waals surface area contributed by atoms with Crippen LogP contribution in [-0.2, 0) is 4.74 Å². The van der Waals surface area contributed by atoms with E-state index in [0.29, 0.717) is 17.9 Å². The van der Waals surface area contributed by atoms with Gasteiger partial charge in [0, 0.05) is 17.3 Å². The van der Waals surface area contributed by atoms with Gasteiger partial charge in [0.2, 0.25) is 5.75 Å². The van der Waals surface area contributed by atoms with Gasteiger partial charge in [-0.1, -0.05) is 6.08 Å². The molecule has 3 N–H and O–H groups in total. The summed E-state index contributed by atoms with van der Waals surface area (Å²) in [5.74, 6) is 0.570. The molecule has 1 aliphatic heterocycles. The Hall–Kier alpha value is -2.56.